The van der Waals surface area contributed by atoms with Crippen LogP contribution in [-0.2, 0) is 16.6 Å². The lowest BCUT2D eigenvalue weighted by atomic mass is 9.85. The quantitative estimate of drug-likeness (QED) is 0.493. The minimum Gasteiger partial charge on any atom is -0.338 e. The zero-order valence-electron chi connectivity index (χ0n) is 19.4. The Labute approximate surface area is 205 Å². The molecule has 1 aliphatic carbocycles. The first-order valence-corrected chi connectivity index (χ1v) is 13.0. The molecule has 36 heavy (non-hydrogen) atoms. The van der Waals surface area contributed by atoms with Crippen LogP contribution in [0.2, 0.25) is 0 Å². The highest BCUT2D eigenvalue weighted by Crippen LogP contribution is 2.38. The topological polar surface area (TPSA) is 112 Å². The van der Waals surface area contributed by atoms with Crippen LogP contribution in [0.1, 0.15) is 37.3 Å². The zero-order chi connectivity index (χ0) is 25.7. The highest BCUT2D eigenvalue weighted by Gasteiger charge is 2.42. The van der Waals surface area contributed by atoms with Crippen LogP contribution < -0.4 is 10.9 Å². The average molecular weight is 523 g/mol. The molecule has 0 radical (unpaired) electrons. The number of rotatable bonds is 5. The number of hydrogen-bond acceptors (Lipinski definition) is 6. The van der Waals surface area contributed by atoms with Crippen LogP contribution in [0.3, 0.4) is 0 Å². The predicted octanol–water partition coefficient (Wildman–Crippen LogP) is 3.97. The number of aliphatic imine (C=N–C) groups is 1. The van der Waals surface area contributed by atoms with Gasteiger partial charge in [-0.1, -0.05) is 12.8 Å². The van der Waals surface area contributed by atoms with Crippen LogP contribution in [0.15, 0.2) is 45.1 Å². The monoisotopic (exact) mass is 522 g/mol. The van der Waals surface area contributed by atoms with E-state index in [2.05, 4.69) is 15.3 Å². The van der Waals surface area contributed by atoms with Gasteiger partial charge in [0, 0.05) is 37.6 Å². The molecule has 9 nitrogen and oxygen atoms in total. The fraction of sp³-hybridized carbons (Fsp3) is 0.435. The van der Waals surface area contributed by atoms with Gasteiger partial charge in [-0.3, -0.25) is 9.48 Å². The highest BCUT2D eigenvalue weighted by molar-refractivity contribution is 7.89. The van der Waals surface area contributed by atoms with Gasteiger partial charge in [-0.2, -0.15) is 22.6 Å². The molecule has 1 saturated carbocycles. The van der Waals surface area contributed by atoms with Crippen LogP contribution >= 0.6 is 0 Å². The maximum atomic E-state index is 12.9. The van der Waals surface area contributed by atoms with E-state index in [1.807, 2.05) is 10.9 Å². The fourth-order valence-corrected chi connectivity index (χ4v) is 6.77. The molecule has 1 fully saturated rings. The van der Waals surface area contributed by atoms with Crippen molar-refractivity contribution in [1.82, 2.24) is 19.1 Å². The summed E-state index contributed by atoms with van der Waals surface area (Å²) in [4.78, 5) is 19.5. The van der Waals surface area contributed by atoms with Crippen molar-refractivity contribution in [3.63, 3.8) is 0 Å². The van der Waals surface area contributed by atoms with E-state index >= 15 is 0 Å². The van der Waals surface area contributed by atoms with Gasteiger partial charge in [0.2, 0.25) is 10.0 Å². The zero-order valence-corrected chi connectivity index (χ0v) is 20.2. The van der Waals surface area contributed by atoms with Gasteiger partial charge in [-0.05, 0) is 42.7 Å². The van der Waals surface area contributed by atoms with Crippen LogP contribution in [-0.4, -0.2) is 53.5 Å². The first-order valence-electron chi connectivity index (χ1n) is 11.6. The standard InChI is InChI=1S/C23H25F3N6O3S/c1-27-11-14-4-2-3-5-17(14)32-18-8-9-28-22(33)20(18)21(30-32)29-16-6-7-19-15(10-16)12-31(36(19,34)35)13-23(24,25)26/h6-11,14,17H,2-5,12-13H2,1H3,(H,28,33)(H,29,30)/t14?,17-/m0/s1. The Kier molecular flexibility index (Phi) is 6.15. The van der Waals surface area contributed by atoms with Crippen LogP contribution in [0.25, 0.3) is 10.9 Å². The van der Waals surface area contributed by atoms with Crippen LogP contribution in [0, 0.1) is 5.92 Å². The van der Waals surface area contributed by atoms with E-state index in [-0.39, 0.29) is 40.3 Å². The molecule has 2 N–H and O–H groups in total. The van der Waals surface area contributed by atoms with E-state index in [1.165, 1.54) is 18.2 Å². The Morgan fingerprint density at radius 1 is 1.25 bits per heavy atom. The SMILES string of the molecule is CN=CC1CCCC[C@@H]1n1nc(Nc2ccc3c(c2)CN(CC(F)(F)F)S3(=O)=O)c2c(=O)[nH]ccc21. The molecule has 0 saturated heterocycles. The maximum absolute atomic E-state index is 12.9. The Hall–Kier alpha value is -3.19. The largest absolute Gasteiger partial charge is 0.402 e. The summed E-state index contributed by atoms with van der Waals surface area (Å²) in [5.41, 5.74) is 0.983. The molecule has 192 valence electrons. The molecule has 2 atom stereocenters. The third-order valence-electron chi connectivity index (χ3n) is 6.71. The molecule has 5 rings (SSSR count). The van der Waals surface area contributed by atoms with E-state index in [1.54, 1.807) is 19.3 Å². The molecule has 1 aromatic carbocycles. The van der Waals surface area contributed by atoms with E-state index in [0.717, 1.165) is 25.7 Å². The molecular formula is C23H25F3N6O3S. The van der Waals surface area contributed by atoms with Gasteiger partial charge in [0.15, 0.2) is 5.82 Å². The van der Waals surface area contributed by atoms with Crippen molar-refractivity contribution in [2.24, 2.45) is 10.9 Å². The van der Waals surface area contributed by atoms with Crippen molar-refractivity contribution >= 4 is 38.6 Å². The fourth-order valence-electron chi connectivity index (χ4n) is 5.17. The Balaban J connectivity index is 1.51. The molecule has 2 aliphatic rings. The molecule has 13 heteroatoms. The summed E-state index contributed by atoms with van der Waals surface area (Å²) >= 11 is 0. The summed E-state index contributed by atoms with van der Waals surface area (Å²) < 4.78 is 66.0. The number of halogens is 3. The molecule has 2 aromatic heterocycles. The lowest BCUT2D eigenvalue weighted by molar-refractivity contribution is -0.136. The molecular weight excluding hydrogens is 497 g/mol. The summed E-state index contributed by atoms with van der Waals surface area (Å²) in [7, 11) is -2.50. The van der Waals surface area contributed by atoms with Gasteiger partial charge in [-0.25, -0.2) is 8.42 Å². The molecule has 0 bridgehead atoms. The van der Waals surface area contributed by atoms with Crippen molar-refractivity contribution in [2.45, 2.75) is 49.3 Å². The minimum atomic E-state index is -4.65. The van der Waals surface area contributed by atoms with Crippen LogP contribution in [0.4, 0.5) is 24.7 Å². The third kappa shape index (κ3) is 4.41. The lowest BCUT2D eigenvalue weighted by Gasteiger charge is -2.29. The summed E-state index contributed by atoms with van der Waals surface area (Å²) in [6.45, 7) is -1.94. The molecule has 0 amide bonds. The van der Waals surface area contributed by atoms with Gasteiger partial charge in [0.25, 0.3) is 5.56 Å². The van der Waals surface area contributed by atoms with Crippen LogP contribution in [0.5, 0.6) is 0 Å². The Bertz CT molecular complexity index is 1490. The summed E-state index contributed by atoms with van der Waals surface area (Å²) in [6.07, 6.45) is 2.79. The molecule has 0 spiro atoms. The lowest BCUT2D eigenvalue weighted by Crippen LogP contribution is -2.34. The molecule has 1 unspecified atom stereocenters. The average Bonchev–Trinajstić information content (AvgIpc) is 3.28. The van der Waals surface area contributed by atoms with Gasteiger partial charge >= 0.3 is 6.18 Å². The number of H-pyrrole nitrogens is 1. The van der Waals surface area contributed by atoms with E-state index < -0.39 is 22.7 Å². The highest BCUT2D eigenvalue weighted by atomic mass is 32.2. The van der Waals surface area contributed by atoms with Gasteiger partial charge in [0.05, 0.1) is 16.5 Å². The van der Waals surface area contributed by atoms with Crippen molar-refractivity contribution in [2.75, 3.05) is 18.9 Å². The van der Waals surface area contributed by atoms with Gasteiger partial charge in [-0.15, -0.1) is 0 Å². The predicted molar refractivity (Wildman–Crippen MR) is 129 cm³/mol. The van der Waals surface area contributed by atoms with Crippen molar-refractivity contribution in [3.05, 3.63) is 46.4 Å². The normalized spacial score (nSPS) is 22.3. The number of hydrogen-bond donors (Lipinski definition) is 2. The number of fused-ring (bicyclic) bond motifs is 2. The van der Waals surface area contributed by atoms with E-state index in [0.29, 0.717) is 20.9 Å². The van der Waals surface area contributed by atoms with Crippen molar-refractivity contribution in [3.8, 4) is 0 Å². The van der Waals surface area contributed by atoms with Crippen molar-refractivity contribution < 1.29 is 21.6 Å². The number of sulfonamides is 1. The number of benzene rings is 1. The number of pyridine rings is 1. The molecule has 3 aromatic rings. The van der Waals surface area contributed by atoms with Gasteiger partial charge in [0.1, 0.15) is 11.9 Å². The minimum absolute atomic E-state index is 0.0170. The molecule has 1 aliphatic heterocycles. The van der Waals surface area contributed by atoms with E-state index in [4.69, 9.17) is 5.10 Å². The summed E-state index contributed by atoms with van der Waals surface area (Å²) in [5.74, 6) is 0.460. The molecule has 3 heterocycles. The first kappa shape index (κ1) is 24.5. The first-order chi connectivity index (χ1) is 17.1. The van der Waals surface area contributed by atoms with Gasteiger partial charge < -0.3 is 15.3 Å². The second-order valence-corrected chi connectivity index (χ2v) is 11.0. The third-order valence-corrected chi connectivity index (χ3v) is 8.60. The second kappa shape index (κ2) is 9.04. The Morgan fingerprint density at radius 3 is 2.78 bits per heavy atom. The number of alkyl halides is 3. The Morgan fingerprint density at radius 2 is 2.03 bits per heavy atom. The summed E-state index contributed by atoms with van der Waals surface area (Å²) in [6, 6.07) is 6.03. The van der Waals surface area contributed by atoms with E-state index in [9.17, 15) is 26.4 Å². The van der Waals surface area contributed by atoms with Crippen molar-refractivity contribution in [1.29, 1.82) is 0 Å². The number of nitrogens with one attached hydrogen (secondary N) is 2. The number of aromatic nitrogens is 3. The number of nitrogens with zero attached hydrogens (tertiary/aromatic N) is 4. The number of anilines is 2. The smallest absolute Gasteiger partial charge is 0.338 e. The number of aromatic amines is 1. The summed E-state index contributed by atoms with van der Waals surface area (Å²) in [5, 5.41) is 8.18. The maximum Gasteiger partial charge on any atom is 0.402 e. The second-order valence-electron chi connectivity index (χ2n) is 9.12.